The number of nitrogens with zero attached hydrogens (tertiary/aromatic N) is 1. The maximum atomic E-state index is 13.4. The fourth-order valence-electron chi connectivity index (χ4n) is 1.64. The number of rotatable bonds is 4. The molecule has 0 unspecified atom stereocenters. The summed E-state index contributed by atoms with van der Waals surface area (Å²) in [4.78, 5) is 15.8. The summed E-state index contributed by atoms with van der Waals surface area (Å²) in [5.74, 6) is 3.43. The summed E-state index contributed by atoms with van der Waals surface area (Å²) in [6, 6.07) is 4.70. The maximum absolute atomic E-state index is 13.4. The molecular formula is C13H12F2N4O. The molecule has 1 aromatic carbocycles. The van der Waals surface area contributed by atoms with Crippen LogP contribution in [0.5, 0.6) is 0 Å². The van der Waals surface area contributed by atoms with Crippen molar-refractivity contribution in [3.05, 3.63) is 59.4 Å². The van der Waals surface area contributed by atoms with Gasteiger partial charge in [0.2, 0.25) is 0 Å². The molecule has 7 heteroatoms. The van der Waals surface area contributed by atoms with Gasteiger partial charge in [-0.3, -0.25) is 15.6 Å². The van der Waals surface area contributed by atoms with Crippen LogP contribution in [0.3, 0.4) is 0 Å². The highest BCUT2D eigenvalue weighted by Crippen LogP contribution is 2.13. The highest BCUT2D eigenvalue weighted by atomic mass is 19.1. The summed E-state index contributed by atoms with van der Waals surface area (Å²) in [7, 11) is 0. The Morgan fingerprint density at radius 3 is 2.80 bits per heavy atom. The van der Waals surface area contributed by atoms with Crippen LogP contribution >= 0.6 is 0 Å². The van der Waals surface area contributed by atoms with Crippen molar-refractivity contribution in [2.45, 2.75) is 6.54 Å². The Labute approximate surface area is 113 Å². The van der Waals surface area contributed by atoms with Crippen molar-refractivity contribution in [3.63, 3.8) is 0 Å². The van der Waals surface area contributed by atoms with Gasteiger partial charge in [-0.05, 0) is 12.1 Å². The molecule has 1 amide bonds. The molecule has 104 valence electrons. The Balaban J connectivity index is 2.09. The van der Waals surface area contributed by atoms with Crippen LogP contribution in [0.1, 0.15) is 15.9 Å². The molecule has 0 spiro atoms. The van der Waals surface area contributed by atoms with Crippen LogP contribution in [0.25, 0.3) is 0 Å². The molecule has 0 atom stereocenters. The van der Waals surface area contributed by atoms with Crippen molar-refractivity contribution in [2.75, 3.05) is 5.43 Å². The van der Waals surface area contributed by atoms with Gasteiger partial charge in [-0.25, -0.2) is 8.78 Å². The van der Waals surface area contributed by atoms with E-state index in [1.165, 1.54) is 24.5 Å². The average Bonchev–Trinajstić information content (AvgIpc) is 2.46. The first kappa shape index (κ1) is 13.9. The van der Waals surface area contributed by atoms with Crippen LogP contribution in [0.15, 0.2) is 36.7 Å². The second kappa shape index (κ2) is 6.07. The highest BCUT2D eigenvalue weighted by Gasteiger charge is 2.11. The molecule has 1 aromatic heterocycles. The van der Waals surface area contributed by atoms with E-state index in [9.17, 15) is 13.6 Å². The molecule has 0 saturated carbocycles. The lowest BCUT2D eigenvalue weighted by molar-refractivity contribution is 0.0951. The van der Waals surface area contributed by atoms with Crippen molar-refractivity contribution >= 4 is 11.6 Å². The zero-order valence-electron chi connectivity index (χ0n) is 10.4. The minimum Gasteiger partial charge on any atom is -0.348 e. The summed E-state index contributed by atoms with van der Waals surface area (Å²) in [5.41, 5.74) is 3.19. The zero-order valence-corrected chi connectivity index (χ0v) is 10.4. The van der Waals surface area contributed by atoms with Gasteiger partial charge in [0.15, 0.2) is 0 Å². The number of nitrogens with one attached hydrogen (secondary N) is 2. The third kappa shape index (κ3) is 3.07. The molecular weight excluding hydrogens is 266 g/mol. The van der Waals surface area contributed by atoms with Gasteiger partial charge < -0.3 is 10.7 Å². The second-order valence-corrected chi connectivity index (χ2v) is 3.98. The third-order valence-corrected chi connectivity index (χ3v) is 2.68. The van der Waals surface area contributed by atoms with E-state index in [0.29, 0.717) is 5.69 Å². The van der Waals surface area contributed by atoms with Gasteiger partial charge in [0.25, 0.3) is 5.91 Å². The first-order chi connectivity index (χ1) is 9.61. The van der Waals surface area contributed by atoms with E-state index in [1.807, 2.05) is 0 Å². The van der Waals surface area contributed by atoms with Crippen molar-refractivity contribution < 1.29 is 13.6 Å². The first-order valence-electron chi connectivity index (χ1n) is 5.74. The monoisotopic (exact) mass is 278 g/mol. The van der Waals surface area contributed by atoms with Crippen LogP contribution < -0.4 is 16.6 Å². The predicted molar refractivity (Wildman–Crippen MR) is 69.6 cm³/mol. The Morgan fingerprint density at radius 2 is 2.10 bits per heavy atom. The minimum atomic E-state index is -0.714. The van der Waals surface area contributed by atoms with Crippen LogP contribution in [0, 0.1) is 11.6 Å². The summed E-state index contributed by atoms with van der Waals surface area (Å²) in [6.07, 6.45) is 2.82. The number of hydrogen-bond acceptors (Lipinski definition) is 4. The summed E-state index contributed by atoms with van der Waals surface area (Å²) in [6.45, 7) is -0.0656. The van der Waals surface area contributed by atoms with Gasteiger partial charge in [-0.15, -0.1) is 0 Å². The number of amides is 1. The largest absolute Gasteiger partial charge is 0.348 e. The van der Waals surface area contributed by atoms with E-state index in [2.05, 4.69) is 15.7 Å². The summed E-state index contributed by atoms with van der Waals surface area (Å²) in [5, 5.41) is 2.51. The van der Waals surface area contributed by atoms with Crippen molar-refractivity contribution in [2.24, 2.45) is 5.84 Å². The molecule has 20 heavy (non-hydrogen) atoms. The quantitative estimate of drug-likeness (QED) is 0.586. The molecule has 0 aliphatic rings. The number of hydrogen-bond donors (Lipinski definition) is 3. The lowest BCUT2D eigenvalue weighted by atomic mass is 10.2. The molecule has 2 rings (SSSR count). The molecule has 5 nitrogen and oxygen atoms in total. The topological polar surface area (TPSA) is 80.0 Å². The van der Waals surface area contributed by atoms with Gasteiger partial charge in [-0.1, -0.05) is 6.07 Å². The molecule has 0 aliphatic carbocycles. The molecule has 1 heterocycles. The number of anilines is 1. The fourth-order valence-corrected chi connectivity index (χ4v) is 1.64. The standard InChI is InChI=1S/C13H12F2N4O/c14-9-2-1-8(11(15)5-9)6-18-13(20)10-7-17-4-3-12(10)19-16/h1-5,7H,6,16H2,(H,17,19)(H,18,20). The lowest BCUT2D eigenvalue weighted by Crippen LogP contribution is -2.25. The van der Waals surface area contributed by atoms with Gasteiger partial charge in [0.1, 0.15) is 11.6 Å². The molecule has 0 fully saturated rings. The van der Waals surface area contributed by atoms with Gasteiger partial charge in [-0.2, -0.15) is 0 Å². The lowest BCUT2D eigenvalue weighted by Gasteiger charge is -2.09. The van der Waals surface area contributed by atoms with E-state index in [0.717, 1.165) is 12.1 Å². The third-order valence-electron chi connectivity index (χ3n) is 2.68. The van der Waals surface area contributed by atoms with Gasteiger partial charge in [0.05, 0.1) is 11.3 Å². The number of aromatic nitrogens is 1. The summed E-state index contributed by atoms with van der Waals surface area (Å²) < 4.78 is 26.2. The average molecular weight is 278 g/mol. The number of benzene rings is 1. The molecule has 0 bridgehead atoms. The summed E-state index contributed by atoms with van der Waals surface area (Å²) >= 11 is 0. The second-order valence-electron chi connectivity index (χ2n) is 3.98. The Morgan fingerprint density at radius 1 is 1.30 bits per heavy atom. The molecule has 0 radical (unpaired) electrons. The number of halogens is 2. The number of carbonyl (C=O) groups excluding carboxylic acids is 1. The van der Waals surface area contributed by atoms with E-state index in [4.69, 9.17) is 5.84 Å². The zero-order chi connectivity index (χ0) is 14.5. The van der Waals surface area contributed by atoms with E-state index in [-0.39, 0.29) is 17.7 Å². The number of nitrogen functional groups attached to an aromatic ring is 1. The van der Waals surface area contributed by atoms with Crippen LogP contribution in [0.2, 0.25) is 0 Å². The SMILES string of the molecule is NNc1ccncc1C(=O)NCc1ccc(F)cc1F. The molecule has 4 N–H and O–H groups in total. The predicted octanol–water partition coefficient (Wildman–Crippen LogP) is 1.58. The molecule has 0 saturated heterocycles. The Bertz CT molecular complexity index is 634. The molecule has 0 aliphatic heterocycles. The number of nitrogens with two attached hydrogens (primary N) is 1. The van der Waals surface area contributed by atoms with E-state index >= 15 is 0 Å². The highest BCUT2D eigenvalue weighted by molar-refractivity contribution is 5.99. The maximum Gasteiger partial charge on any atom is 0.255 e. The normalized spacial score (nSPS) is 10.2. The van der Waals surface area contributed by atoms with Crippen molar-refractivity contribution in [3.8, 4) is 0 Å². The number of carbonyl (C=O) groups is 1. The first-order valence-corrected chi connectivity index (χ1v) is 5.74. The van der Waals surface area contributed by atoms with E-state index < -0.39 is 17.5 Å². The minimum absolute atomic E-state index is 0.0656. The smallest absolute Gasteiger partial charge is 0.255 e. The number of hydrazine groups is 1. The van der Waals surface area contributed by atoms with Crippen molar-refractivity contribution in [1.82, 2.24) is 10.3 Å². The van der Waals surface area contributed by atoms with Crippen LogP contribution in [-0.4, -0.2) is 10.9 Å². The van der Waals surface area contributed by atoms with E-state index in [1.54, 1.807) is 0 Å². The fraction of sp³-hybridized carbons (Fsp3) is 0.0769. The Kier molecular flexibility index (Phi) is 4.21. The number of pyridine rings is 1. The molecule has 2 aromatic rings. The Hall–Kier alpha value is -2.54. The van der Waals surface area contributed by atoms with Gasteiger partial charge >= 0.3 is 0 Å². The van der Waals surface area contributed by atoms with Crippen LogP contribution in [0.4, 0.5) is 14.5 Å². The van der Waals surface area contributed by atoms with Gasteiger partial charge in [0, 0.05) is 30.6 Å². The van der Waals surface area contributed by atoms with Crippen molar-refractivity contribution in [1.29, 1.82) is 0 Å². The van der Waals surface area contributed by atoms with Crippen LogP contribution in [-0.2, 0) is 6.54 Å².